The van der Waals surface area contributed by atoms with Gasteiger partial charge in [0.1, 0.15) is 5.82 Å². The number of nitrogen functional groups attached to an aromatic ring is 1. The summed E-state index contributed by atoms with van der Waals surface area (Å²) in [6.45, 7) is 3.55. The molecule has 2 saturated heterocycles. The summed E-state index contributed by atoms with van der Waals surface area (Å²) in [5, 5.41) is 3.16. The minimum Gasteiger partial charge on any atom is -0.384 e. The van der Waals surface area contributed by atoms with Gasteiger partial charge in [0.15, 0.2) is 0 Å². The number of rotatable bonds is 3. The molecular weight excluding hydrogens is 348 g/mol. The van der Waals surface area contributed by atoms with Crippen molar-refractivity contribution in [3.63, 3.8) is 0 Å². The number of pyridine rings is 1. The van der Waals surface area contributed by atoms with Crippen LogP contribution in [0.5, 0.6) is 0 Å². The van der Waals surface area contributed by atoms with Crippen LogP contribution in [0.1, 0.15) is 29.6 Å². The first-order valence-corrected chi connectivity index (χ1v) is 8.48. The Kier molecular flexibility index (Phi) is 4.95. The summed E-state index contributed by atoms with van der Waals surface area (Å²) in [6.07, 6.45) is 4.85. The van der Waals surface area contributed by atoms with Gasteiger partial charge in [0.25, 0.3) is 5.91 Å². The SMILES string of the molecule is Nc1cc(C(=O)NC2CCOCC2N2CCCC2)c(Br)cn1. The molecule has 0 radical (unpaired) electrons. The van der Waals surface area contributed by atoms with Crippen molar-refractivity contribution in [1.82, 2.24) is 15.2 Å². The Morgan fingerprint density at radius 3 is 3.00 bits per heavy atom. The lowest BCUT2D eigenvalue weighted by Gasteiger charge is -2.38. The van der Waals surface area contributed by atoms with Gasteiger partial charge in [0.2, 0.25) is 0 Å². The van der Waals surface area contributed by atoms with Crippen LogP contribution in [0.15, 0.2) is 16.7 Å². The lowest BCUT2D eigenvalue weighted by molar-refractivity contribution is 0.00576. The van der Waals surface area contributed by atoms with Crippen LogP contribution in [0, 0.1) is 0 Å². The third-order valence-corrected chi connectivity index (χ3v) is 5.01. The van der Waals surface area contributed by atoms with Crippen LogP contribution < -0.4 is 11.1 Å². The van der Waals surface area contributed by atoms with E-state index in [0.29, 0.717) is 29.1 Å². The number of halogens is 1. The lowest BCUT2D eigenvalue weighted by atomic mass is 10.0. The Balaban J connectivity index is 1.72. The summed E-state index contributed by atoms with van der Waals surface area (Å²) in [5.41, 5.74) is 6.21. The summed E-state index contributed by atoms with van der Waals surface area (Å²) in [6, 6.07) is 1.97. The molecule has 3 N–H and O–H groups in total. The molecule has 1 aromatic rings. The summed E-state index contributed by atoms with van der Waals surface area (Å²) in [4.78, 5) is 19.0. The second kappa shape index (κ2) is 6.93. The average Bonchev–Trinajstić information content (AvgIpc) is 3.04. The number of hydrogen-bond donors (Lipinski definition) is 2. The molecule has 2 unspecified atom stereocenters. The van der Waals surface area contributed by atoms with E-state index >= 15 is 0 Å². The van der Waals surface area contributed by atoms with E-state index in [4.69, 9.17) is 10.5 Å². The standard InChI is InChI=1S/C15H21BrN4O2/c16-11-8-18-14(17)7-10(11)15(21)19-12-3-6-22-9-13(12)20-4-1-2-5-20/h7-8,12-13H,1-6,9H2,(H2,17,18)(H,19,21). The molecule has 0 saturated carbocycles. The molecular formula is C15H21BrN4O2. The Morgan fingerprint density at radius 2 is 2.23 bits per heavy atom. The highest BCUT2D eigenvalue weighted by molar-refractivity contribution is 9.10. The van der Waals surface area contributed by atoms with Crippen LogP contribution in [0.3, 0.4) is 0 Å². The molecule has 0 aliphatic carbocycles. The highest BCUT2D eigenvalue weighted by Crippen LogP contribution is 2.22. The second-order valence-electron chi connectivity index (χ2n) is 5.84. The smallest absolute Gasteiger partial charge is 0.252 e. The number of likely N-dealkylation sites (tertiary alicyclic amines) is 1. The fourth-order valence-corrected chi connectivity index (χ4v) is 3.60. The van der Waals surface area contributed by atoms with Gasteiger partial charge in [-0.1, -0.05) is 0 Å². The summed E-state index contributed by atoms with van der Waals surface area (Å²) in [7, 11) is 0. The van der Waals surface area contributed by atoms with Crippen LogP contribution in [-0.4, -0.2) is 54.2 Å². The average molecular weight is 369 g/mol. The number of amides is 1. The Labute approximate surface area is 138 Å². The molecule has 6 nitrogen and oxygen atoms in total. The van der Waals surface area contributed by atoms with Crippen molar-refractivity contribution in [2.24, 2.45) is 0 Å². The number of nitrogens with one attached hydrogen (secondary N) is 1. The number of aromatic nitrogens is 1. The minimum atomic E-state index is -0.114. The number of nitrogens with two attached hydrogens (primary N) is 1. The van der Waals surface area contributed by atoms with E-state index in [0.717, 1.165) is 19.5 Å². The Bertz CT molecular complexity index is 548. The fraction of sp³-hybridized carbons (Fsp3) is 0.600. The van der Waals surface area contributed by atoms with Gasteiger partial charge < -0.3 is 15.8 Å². The van der Waals surface area contributed by atoms with Gasteiger partial charge in [-0.3, -0.25) is 9.69 Å². The highest BCUT2D eigenvalue weighted by atomic mass is 79.9. The number of anilines is 1. The van der Waals surface area contributed by atoms with Gasteiger partial charge in [-0.2, -0.15) is 0 Å². The van der Waals surface area contributed by atoms with E-state index in [1.54, 1.807) is 12.3 Å². The number of carbonyl (C=O) groups is 1. The molecule has 1 aromatic heterocycles. The Morgan fingerprint density at radius 1 is 1.45 bits per heavy atom. The van der Waals surface area contributed by atoms with Crippen LogP contribution >= 0.6 is 15.9 Å². The van der Waals surface area contributed by atoms with E-state index in [1.165, 1.54) is 12.8 Å². The monoisotopic (exact) mass is 368 g/mol. The van der Waals surface area contributed by atoms with Crippen LogP contribution in [0.4, 0.5) is 5.82 Å². The predicted octanol–water partition coefficient (Wildman–Crippen LogP) is 1.41. The van der Waals surface area contributed by atoms with E-state index in [2.05, 4.69) is 31.1 Å². The fourth-order valence-electron chi connectivity index (χ4n) is 3.20. The Hall–Kier alpha value is -1.18. The molecule has 1 amide bonds. The van der Waals surface area contributed by atoms with Crippen LogP contribution in [0.2, 0.25) is 0 Å². The van der Waals surface area contributed by atoms with E-state index < -0.39 is 0 Å². The molecule has 3 rings (SSSR count). The van der Waals surface area contributed by atoms with Gasteiger partial charge in [0, 0.05) is 23.3 Å². The highest BCUT2D eigenvalue weighted by Gasteiger charge is 2.33. The van der Waals surface area contributed by atoms with Gasteiger partial charge >= 0.3 is 0 Å². The van der Waals surface area contributed by atoms with Gasteiger partial charge in [0.05, 0.1) is 18.2 Å². The lowest BCUT2D eigenvalue weighted by Crippen LogP contribution is -2.56. The van der Waals surface area contributed by atoms with Crippen molar-refractivity contribution in [2.75, 3.05) is 32.0 Å². The summed E-state index contributed by atoms with van der Waals surface area (Å²) in [5.74, 6) is 0.230. The molecule has 3 heterocycles. The maximum absolute atomic E-state index is 12.6. The summed E-state index contributed by atoms with van der Waals surface area (Å²) >= 11 is 3.36. The first kappa shape index (κ1) is 15.7. The maximum atomic E-state index is 12.6. The van der Waals surface area contributed by atoms with Crippen molar-refractivity contribution < 1.29 is 9.53 Å². The quantitative estimate of drug-likeness (QED) is 0.842. The number of hydrogen-bond acceptors (Lipinski definition) is 5. The van der Waals surface area contributed by atoms with Gasteiger partial charge in [-0.05, 0) is 54.3 Å². The molecule has 0 aromatic carbocycles. The van der Waals surface area contributed by atoms with E-state index in [-0.39, 0.29) is 18.0 Å². The van der Waals surface area contributed by atoms with Crippen molar-refractivity contribution in [1.29, 1.82) is 0 Å². The molecule has 22 heavy (non-hydrogen) atoms. The zero-order valence-electron chi connectivity index (χ0n) is 12.4. The molecule has 0 bridgehead atoms. The zero-order chi connectivity index (χ0) is 15.5. The van der Waals surface area contributed by atoms with Crippen molar-refractivity contribution in [3.8, 4) is 0 Å². The third-order valence-electron chi connectivity index (χ3n) is 4.37. The molecule has 120 valence electrons. The third kappa shape index (κ3) is 3.42. The largest absolute Gasteiger partial charge is 0.384 e. The van der Waals surface area contributed by atoms with Crippen molar-refractivity contribution in [2.45, 2.75) is 31.3 Å². The predicted molar refractivity (Wildman–Crippen MR) is 87.6 cm³/mol. The van der Waals surface area contributed by atoms with Crippen LogP contribution in [0.25, 0.3) is 0 Å². The summed E-state index contributed by atoms with van der Waals surface area (Å²) < 4.78 is 6.28. The molecule has 2 aliphatic rings. The number of ether oxygens (including phenoxy) is 1. The zero-order valence-corrected chi connectivity index (χ0v) is 14.0. The van der Waals surface area contributed by atoms with E-state index in [1.807, 2.05) is 0 Å². The molecule has 2 atom stereocenters. The molecule has 0 spiro atoms. The molecule has 7 heteroatoms. The molecule has 2 fully saturated rings. The topological polar surface area (TPSA) is 80.5 Å². The van der Waals surface area contributed by atoms with Crippen molar-refractivity contribution >= 4 is 27.7 Å². The minimum absolute atomic E-state index is 0.112. The number of carbonyl (C=O) groups excluding carboxylic acids is 1. The van der Waals surface area contributed by atoms with Gasteiger partial charge in [-0.15, -0.1) is 0 Å². The van der Waals surface area contributed by atoms with Gasteiger partial charge in [-0.25, -0.2) is 4.98 Å². The van der Waals surface area contributed by atoms with E-state index in [9.17, 15) is 4.79 Å². The number of nitrogens with zero attached hydrogens (tertiary/aromatic N) is 2. The maximum Gasteiger partial charge on any atom is 0.252 e. The normalized spacial score (nSPS) is 26.0. The first-order chi connectivity index (χ1) is 10.6. The van der Waals surface area contributed by atoms with Crippen LogP contribution in [-0.2, 0) is 4.74 Å². The molecule has 2 aliphatic heterocycles. The van der Waals surface area contributed by atoms with Crippen molar-refractivity contribution in [3.05, 3.63) is 22.3 Å². The first-order valence-electron chi connectivity index (χ1n) is 7.69. The second-order valence-corrected chi connectivity index (χ2v) is 6.70.